The Hall–Kier alpha value is -2.13. The topological polar surface area (TPSA) is 93.4 Å². The van der Waals surface area contributed by atoms with Crippen molar-refractivity contribution in [3.8, 4) is 0 Å². The number of hydrogen-bond acceptors (Lipinski definition) is 7. The van der Waals surface area contributed by atoms with Crippen molar-refractivity contribution in [2.45, 2.75) is 29.7 Å². The second-order valence-corrected chi connectivity index (χ2v) is 10.3. The first kappa shape index (κ1) is 18.2. The van der Waals surface area contributed by atoms with Crippen molar-refractivity contribution in [3.63, 3.8) is 0 Å². The molecule has 27 heavy (non-hydrogen) atoms. The van der Waals surface area contributed by atoms with E-state index in [0.29, 0.717) is 17.0 Å². The highest BCUT2D eigenvalue weighted by Crippen LogP contribution is 2.34. The molecule has 3 heterocycles. The van der Waals surface area contributed by atoms with E-state index in [1.807, 2.05) is 24.3 Å². The third-order valence-corrected chi connectivity index (χ3v) is 7.68. The van der Waals surface area contributed by atoms with Crippen molar-refractivity contribution in [1.29, 1.82) is 0 Å². The van der Waals surface area contributed by atoms with Crippen LogP contribution in [0.1, 0.15) is 13.3 Å². The van der Waals surface area contributed by atoms with Crippen LogP contribution in [0.4, 0.5) is 0 Å². The summed E-state index contributed by atoms with van der Waals surface area (Å²) in [6.07, 6.45) is 1.96. The molecule has 1 aliphatic heterocycles. The van der Waals surface area contributed by atoms with Crippen LogP contribution in [0.5, 0.6) is 0 Å². The number of nitrogens with zero attached hydrogens (tertiary/aromatic N) is 3. The first-order valence-electron chi connectivity index (χ1n) is 8.62. The summed E-state index contributed by atoms with van der Waals surface area (Å²) in [5.41, 5.74) is 2.01. The van der Waals surface area contributed by atoms with Crippen LogP contribution in [-0.4, -0.2) is 59.0 Å². The van der Waals surface area contributed by atoms with Gasteiger partial charge in [0, 0.05) is 18.5 Å². The summed E-state index contributed by atoms with van der Waals surface area (Å²) >= 11 is 1.30. The molecule has 0 aliphatic carbocycles. The molecule has 2 atom stereocenters. The van der Waals surface area contributed by atoms with Gasteiger partial charge in [-0.3, -0.25) is 4.79 Å². The molecular formula is C18H19N3O4S2. The first-order chi connectivity index (χ1) is 12.9. The van der Waals surface area contributed by atoms with Gasteiger partial charge in [0.15, 0.2) is 15.4 Å². The number of rotatable bonds is 4. The molecule has 1 saturated heterocycles. The molecular weight excluding hydrogens is 386 g/mol. The van der Waals surface area contributed by atoms with E-state index in [4.69, 9.17) is 4.42 Å². The van der Waals surface area contributed by atoms with Gasteiger partial charge in [-0.1, -0.05) is 23.9 Å². The highest BCUT2D eigenvalue weighted by molar-refractivity contribution is 8.00. The second kappa shape index (κ2) is 6.79. The summed E-state index contributed by atoms with van der Waals surface area (Å²) in [7, 11) is -1.37. The number of furan rings is 1. The number of hydrogen-bond donors (Lipinski definition) is 0. The van der Waals surface area contributed by atoms with Crippen LogP contribution in [0, 0.1) is 0 Å². The number of carbonyl (C=O) groups is 1. The minimum absolute atomic E-state index is 0.0357. The van der Waals surface area contributed by atoms with Crippen LogP contribution in [0.25, 0.3) is 22.1 Å². The van der Waals surface area contributed by atoms with Gasteiger partial charge < -0.3 is 9.32 Å². The van der Waals surface area contributed by atoms with Gasteiger partial charge in [0.1, 0.15) is 22.5 Å². The molecule has 0 radical (unpaired) electrons. The number of thioether (sulfide) groups is 1. The predicted octanol–water partition coefficient (Wildman–Crippen LogP) is 2.50. The monoisotopic (exact) mass is 405 g/mol. The number of fused-ring (bicyclic) bond motifs is 3. The lowest BCUT2D eigenvalue weighted by Crippen LogP contribution is -2.41. The molecule has 0 N–H and O–H groups in total. The molecule has 9 heteroatoms. The fraction of sp³-hybridized carbons (Fsp3) is 0.389. The molecule has 1 amide bonds. The average molecular weight is 406 g/mol. The summed E-state index contributed by atoms with van der Waals surface area (Å²) in [6, 6.07) is 7.35. The van der Waals surface area contributed by atoms with E-state index in [1.165, 1.54) is 18.1 Å². The molecule has 4 rings (SSSR count). The van der Waals surface area contributed by atoms with Crippen LogP contribution in [0.3, 0.4) is 0 Å². The Morgan fingerprint density at radius 2 is 2.11 bits per heavy atom. The first-order valence-corrected chi connectivity index (χ1v) is 11.3. The highest BCUT2D eigenvalue weighted by atomic mass is 32.2. The zero-order valence-electron chi connectivity index (χ0n) is 15.0. The maximum atomic E-state index is 12.8. The molecule has 1 fully saturated rings. The molecule has 1 aliphatic rings. The second-order valence-electron chi connectivity index (χ2n) is 6.72. The fourth-order valence-electron chi connectivity index (χ4n) is 3.35. The number of para-hydroxylation sites is 1. The Morgan fingerprint density at radius 3 is 2.85 bits per heavy atom. The summed E-state index contributed by atoms with van der Waals surface area (Å²) in [6.45, 7) is 1.80. The van der Waals surface area contributed by atoms with E-state index in [1.54, 1.807) is 18.9 Å². The van der Waals surface area contributed by atoms with Crippen LogP contribution < -0.4 is 0 Å². The van der Waals surface area contributed by atoms with Crippen molar-refractivity contribution in [2.24, 2.45) is 0 Å². The van der Waals surface area contributed by atoms with E-state index in [-0.39, 0.29) is 23.5 Å². The largest absolute Gasteiger partial charge is 0.451 e. The molecule has 1 aromatic carbocycles. The normalized spacial score (nSPS) is 20.1. The fourth-order valence-corrected chi connectivity index (χ4v) is 6.08. The van der Waals surface area contributed by atoms with Crippen molar-refractivity contribution < 1.29 is 17.6 Å². The zero-order valence-corrected chi connectivity index (χ0v) is 16.6. The number of aromatic nitrogens is 2. The quantitative estimate of drug-likeness (QED) is 0.486. The molecule has 3 aromatic rings. The van der Waals surface area contributed by atoms with Crippen LogP contribution in [0.15, 0.2) is 40.0 Å². The minimum atomic E-state index is -3.04. The highest BCUT2D eigenvalue weighted by Gasteiger charge is 2.34. The number of carbonyl (C=O) groups excluding carboxylic acids is 1. The number of sulfone groups is 1. The van der Waals surface area contributed by atoms with E-state index < -0.39 is 15.1 Å². The SMILES string of the molecule is C[C@H](Sc1ncnc2c1oc1ccccc12)C(=O)N(C)[C@H]1CCS(=O)(=O)C1. The number of amides is 1. The van der Waals surface area contributed by atoms with Crippen LogP contribution >= 0.6 is 11.8 Å². The third kappa shape index (κ3) is 3.41. The summed E-state index contributed by atoms with van der Waals surface area (Å²) in [4.78, 5) is 23.0. The van der Waals surface area contributed by atoms with Gasteiger partial charge in [0.05, 0.1) is 16.8 Å². The Kier molecular flexibility index (Phi) is 4.59. The smallest absolute Gasteiger partial charge is 0.235 e. The Labute approximate surface area is 161 Å². The molecule has 0 unspecified atom stereocenters. The van der Waals surface area contributed by atoms with E-state index in [0.717, 1.165) is 16.5 Å². The molecule has 0 bridgehead atoms. The maximum Gasteiger partial charge on any atom is 0.235 e. The van der Waals surface area contributed by atoms with Gasteiger partial charge in [-0.25, -0.2) is 18.4 Å². The molecule has 0 spiro atoms. The van der Waals surface area contributed by atoms with Gasteiger partial charge in [-0.15, -0.1) is 0 Å². The standard InChI is InChI=1S/C18H19N3O4S2/c1-11(18(22)21(2)12-7-8-27(23,24)9-12)26-17-16-15(19-10-20-17)13-5-3-4-6-14(13)25-16/h3-6,10-12H,7-9H2,1-2H3/t11-,12-/m0/s1. The molecule has 142 valence electrons. The lowest BCUT2D eigenvalue weighted by Gasteiger charge is -2.26. The summed E-state index contributed by atoms with van der Waals surface area (Å²) in [5.74, 6) is 0.0565. The van der Waals surface area contributed by atoms with Crippen LogP contribution in [0.2, 0.25) is 0 Å². The van der Waals surface area contributed by atoms with E-state index in [9.17, 15) is 13.2 Å². The van der Waals surface area contributed by atoms with Crippen molar-refractivity contribution >= 4 is 49.6 Å². The van der Waals surface area contributed by atoms with Crippen molar-refractivity contribution in [2.75, 3.05) is 18.6 Å². The lowest BCUT2D eigenvalue weighted by molar-refractivity contribution is -0.130. The van der Waals surface area contributed by atoms with E-state index in [2.05, 4.69) is 9.97 Å². The Bertz CT molecular complexity index is 1130. The van der Waals surface area contributed by atoms with Gasteiger partial charge in [-0.05, 0) is 25.5 Å². The zero-order chi connectivity index (χ0) is 19.2. The van der Waals surface area contributed by atoms with Crippen molar-refractivity contribution in [1.82, 2.24) is 14.9 Å². The van der Waals surface area contributed by atoms with Gasteiger partial charge >= 0.3 is 0 Å². The summed E-state index contributed by atoms with van der Waals surface area (Å²) in [5, 5.41) is 1.08. The average Bonchev–Trinajstić information content (AvgIpc) is 3.21. The lowest BCUT2D eigenvalue weighted by atomic mass is 10.2. The molecule has 0 saturated carbocycles. The molecule has 7 nitrogen and oxygen atoms in total. The maximum absolute atomic E-state index is 12.8. The predicted molar refractivity (Wildman–Crippen MR) is 104 cm³/mol. The number of benzene rings is 1. The molecule has 2 aromatic heterocycles. The van der Waals surface area contributed by atoms with E-state index >= 15 is 0 Å². The third-order valence-electron chi connectivity index (χ3n) is 4.87. The Morgan fingerprint density at radius 1 is 1.33 bits per heavy atom. The Balaban J connectivity index is 1.57. The van der Waals surface area contributed by atoms with Gasteiger partial charge in [0.25, 0.3) is 0 Å². The van der Waals surface area contributed by atoms with Gasteiger partial charge in [0.2, 0.25) is 5.91 Å². The minimum Gasteiger partial charge on any atom is -0.451 e. The van der Waals surface area contributed by atoms with Crippen molar-refractivity contribution in [3.05, 3.63) is 30.6 Å². The van der Waals surface area contributed by atoms with Crippen LogP contribution in [-0.2, 0) is 14.6 Å². The van der Waals surface area contributed by atoms with Gasteiger partial charge in [-0.2, -0.15) is 0 Å². The summed E-state index contributed by atoms with van der Waals surface area (Å²) < 4.78 is 29.3.